The van der Waals surface area contributed by atoms with E-state index in [-0.39, 0.29) is 11.6 Å². The molecule has 4 rings (SSSR count). The van der Waals surface area contributed by atoms with Gasteiger partial charge in [-0.1, -0.05) is 23.5 Å². The van der Waals surface area contributed by atoms with E-state index < -0.39 is 0 Å². The Labute approximate surface area is 179 Å². The number of thiazole rings is 1. The highest BCUT2D eigenvalue weighted by Gasteiger charge is 2.20. The lowest BCUT2D eigenvalue weighted by molar-refractivity contribution is 0.104. The predicted molar refractivity (Wildman–Crippen MR) is 121 cm³/mol. The van der Waals surface area contributed by atoms with Crippen molar-refractivity contribution in [2.24, 2.45) is 0 Å². The van der Waals surface area contributed by atoms with Gasteiger partial charge in [0.1, 0.15) is 10.7 Å². The fraction of sp³-hybridized carbons (Fsp3) is 0.227. The second-order valence-corrected chi connectivity index (χ2v) is 8.18. The summed E-state index contributed by atoms with van der Waals surface area (Å²) in [6.45, 7) is 4.15. The van der Waals surface area contributed by atoms with Crippen molar-refractivity contribution in [3.63, 3.8) is 0 Å². The molecule has 0 saturated carbocycles. The minimum absolute atomic E-state index is 0.161. The molecule has 1 fully saturated rings. The molecule has 0 unspecified atom stereocenters. The number of nitriles is 1. The Morgan fingerprint density at radius 2 is 1.83 bits per heavy atom. The molecule has 1 saturated heterocycles. The van der Waals surface area contributed by atoms with Crippen LogP contribution < -0.4 is 16.0 Å². The summed E-state index contributed by atoms with van der Waals surface area (Å²) in [7, 11) is 2.14. The third-order valence-electron chi connectivity index (χ3n) is 5.14. The zero-order valence-corrected chi connectivity index (χ0v) is 17.4. The smallest absolute Gasteiger partial charge is 0.208 e. The van der Waals surface area contributed by atoms with Crippen molar-refractivity contribution in [2.75, 3.05) is 49.2 Å². The molecular formula is C22H22N6OS. The highest BCUT2D eigenvalue weighted by Crippen LogP contribution is 2.31. The van der Waals surface area contributed by atoms with Gasteiger partial charge in [-0.3, -0.25) is 4.79 Å². The van der Waals surface area contributed by atoms with Crippen LogP contribution >= 0.6 is 11.3 Å². The number of nitrogens with zero attached hydrogens (tertiary/aromatic N) is 4. The molecule has 7 nitrogen and oxygen atoms in total. The van der Waals surface area contributed by atoms with E-state index in [1.807, 2.05) is 18.2 Å². The topological polar surface area (TPSA) is 98.3 Å². The number of nitrogen functional groups attached to an aromatic ring is 1. The van der Waals surface area contributed by atoms with E-state index >= 15 is 0 Å². The average molecular weight is 419 g/mol. The van der Waals surface area contributed by atoms with Crippen LogP contribution in [-0.2, 0) is 0 Å². The number of nitrogens with one attached hydrogen (secondary N) is 1. The van der Waals surface area contributed by atoms with Crippen LogP contribution in [0.3, 0.4) is 0 Å². The fourth-order valence-electron chi connectivity index (χ4n) is 3.39. The molecular weight excluding hydrogens is 396 g/mol. The van der Waals surface area contributed by atoms with Gasteiger partial charge in [0.25, 0.3) is 0 Å². The van der Waals surface area contributed by atoms with Crippen molar-refractivity contribution >= 4 is 39.4 Å². The molecule has 0 spiro atoms. The number of rotatable bonds is 5. The first-order valence-corrected chi connectivity index (χ1v) is 10.5. The molecule has 2 aromatic carbocycles. The maximum atomic E-state index is 12.9. The van der Waals surface area contributed by atoms with Gasteiger partial charge in [-0.05, 0) is 43.4 Å². The molecule has 0 radical (unpaired) electrons. The Bertz CT molecular complexity index is 1090. The second kappa shape index (κ2) is 8.53. The van der Waals surface area contributed by atoms with Crippen LogP contribution in [0, 0.1) is 11.3 Å². The normalized spacial score (nSPS) is 14.3. The number of piperazine rings is 1. The van der Waals surface area contributed by atoms with Crippen molar-refractivity contribution in [3.05, 3.63) is 64.5 Å². The summed E-state index contributed by atoms with van der Waals surface area (Å²) in [5, 5.41) is 13.0. The molecule has 1 aliphatic heterocycles. The minimum Gasteiger partial charge on any atom is -0.382 e. The van der Waals surface area contributed by atoms with E-state index in [4.69, 9.17) is 5.73 Å². The highest BCUT2D eigenvalue weighted by atomic mass is 32.1. The zero-order valence-electron chi connectivity index (χ0n) is 16.6. The van der Waals surface area contributed by atoms with Crippen molar-refractivity contribution in [1.82, 2.24) is 9.88 Å². The fourth-order valence-corrected chi connectivity index (χ4v) is 4.25. The number of hydrogen-bond acceptors (Lipinski definition) is 8. The van der Waals surface area contributed by atoms with Crippen LogP contribution in [0.25, 0.3) is 0 Å². The standard InChI is InChI=1S/C22H22N6OS/c1-27-10-12-28(13-11-27)17-8-6-16(7-9-17)25-22-26-21(24)20(30-22)19(29)18-5-3-2-4-15(18)14-23/h2-9H,10-13,24H2,1H3,(H,25,26). The number of ketones is 1. The van der Waals surface area contributed by atoms with Crippen LogP contribution in [-0.4, -0.2) is 48.9 Å². The number of likely N-dealkylation sites (N-methyl/N-ethyl adjacent to an activating group) is 1. The van der Waals surface area contributed by atoms with Crippen molar-refractivity contribution in [2.45, 2.75) is 0 Å². The Morgan fingerprint density at radius 3 is 2.53 bits per heavy atom. The van der Waals surface area contributed by atoms with E-state index in [1.54, 1.807) is 24.3 Å². The molecule has 0 bridgehead atoms. The molecule has 0 atom stereocenters. The Kier molecular flexibility index (Phi) is 5.65. The summed E-state index contributed by atoms with van der Waals surface area (Å²) in [5.74, 6) is -0.130. The minimum atomic E-state index is -0.291. The molecule has 152 valence electrons. The van der Waals surface area contributed by atoms with Gasteiger partial charge in [0.15, 0.2) is 5.13 Å². The largest absolute Gasteiger partial charge is 0.382 e. The number of aromatic nitrogens is 1. The second-order valence-electron chi connectivity index (χ2n) is 7.18. The van der Waals surface area contributed by atoms with Crippen LogP contribution in [0.2, 0.25) is 0 Å². The van der Waals surface area contributed by atoms with Crippen molar-refractivity contribution in [3.8, 4) is 6.07 Å². The van der Waals surface area contributed by atoms with E-state index in [0.717, 1.165) is 31.9 Å². The third-order valence-corrected chi connectivity index (χ3v) is 6.12. The van der Waals surface area contributed by atoms with E-state index in [9.17, 15) is 10.1 Å². The van der Waals surface area contributed by atoms with Gasteiger partial charge in [0.2, 0.25) is 5.78 Å². The monoisotopic (exact) mass is 418 g/mol. The summed E-state index contributed by atoms with van der Waals surface area (Å²) in [4.78, 5) is 22.2. The van der Waals surface area contributed by atoms with Gasteiger partial charge >= 0.3 is 0 Å². The first-order chi connectivity index (χ1) is 14.5. The summed E-state index contributed by atoms with van der Waals surface area (Å²) in [5.41, 5.74) is 8.72. The van der Waals surface area contributed by atoms with E-state index in [1.165, 1.54) is 17.0 Å². The van der Waals surface area contributed by atoms with Crippen LogP contribution in [0.4, 0.5) is 22.3 Å². The Morgan fingerprint density at radius 1 is 1.13 bits per heavy atom. The number of hydrogen-bond donors (Lipinski definition) is 2. The van der Waals surface area contributed by atoms with Crippen LogP contribution in [0.5, 0.6) is 0 Å². The predicted octanol–water partition coefficient (Wildman–Crippen LogP) is 3.32. The molecule has 3 N–H and O–H groups in total. The molecule has 0 aliphatic carbocycles. The summed E-state index contributed by atoms with van der Waals surface area (Å²) in [6.07, 6.45) is 0. The lowest BCUT2D eigenvalue weighted by Gasteiger charge is -2.34. The van der Waals surface area contributed by atoms with Gasteiger partial charge in [0.05, 0.1) is 11.6 Å². The quantitative estimate of drug-likeness (QED) is 0.613. The zero-order chi connectivity index (χ0) is 21.1. The van der Waals surface area contributed by atoms with E-state index in [0.29, 0.717) is 21.1 Å². The molecule has 8 heteroatoms. The lowest BCUT2D eigenvalue weighted by atomic mass is 10.0. The maximum absolute atomic E-state index is 12.9. The number of carbonyl (C=O) groups is 1. The van der Waals surface area contributed by atoms with Crippen molar-refractivity contribution < 1.29 is 4.79 Å². The van der Waals surface area contributed by atoms with Gasteiger partial charge < -0.3 is 20.9 Å². The highest BCUT2D eigenvalue weighted by molar-refractivity contribution is 7.18. The molecule has 30 heavy (non-hydrogen) atoms. The Balaban J connectivity index is 1.49. The summed E-state index contributed by atoms with van der Waals surface area (Å²) in [6, 6.07) is 16.9. The lowest BCUT2D eigenvalue weighted by Crippen LogP contribution is -2.44. The summed E-state index contributed by atoms with van der Waals surface area (Å²) >= 11 is 1.19. The summed E-state index contributed by atoms with van der Waals surface area (Å²) < 4.78 is 0. The number of nitrogens with two attached hydrogens (primary N) is 1. The molecule has 3 aromatic rings. The number of benzene rings is 2. The third kappa shape index (κ3) is 4.13. The molecule has 2 heterocycles. The number of anilines is 4. The molecule has 1 aromatic heterocycles. The van der Waals surface area contributed by atoms with Gasteiger partial charge in [-0.2, -0.15) is 5.26 Å². The maximum Gasteiger partial charge on any atom is 0.208 e. The van der Waals surface area contributed by atoms with Gasteiger partial charge in [-0.15, -0.1) is 0 Å². The van der Waals surface area contributed by atoms with Crippen LogP contribution in [0.15, 0.2) is 48.5 Å². The Hall–Kier alpha value is -3.41. The number of carbonyl (C=O) groups excluding carboxylic acids is 1. The first kappa shape index (κ1) is 19.9. The van der Waals surface area contributed by atoms with Crippen molar-refractivity contribution in [1.29, 1.82) is 5.26 Å². The van der Waals surface area contributed by atoms with Gasteiger partial charge in [0, 0.05) is 43.1 Å². The molecule has 0 amide bonds. The van der Waals surface area contributed by atoms with Crippen LogP contribution in [0.1, 0.15) is 20.8 Å². The van der Waals surface area contributed by atoms with E-state index in [2.05, 4.69) is 39.3 Å². The molecule has 1 aliphatic rings. The van der Waals surface area contributed by atoms with Gasteiger partial charge in [-0.25, -0.2) is 4.98 Å². The average Bonchev–Trinajstić information content (AvgIpc) is 3.14. The SMILES string of the molecule is CN1CCN(c2ccc(Nc3nc(N)c(C(=O)c4ccccc4C#N)s3)cc2)CC1. The first-order valence-electron chi connectivity index (χ1n) is 9.66.